The number of nitrogens with zero attached hydrogens (tertiary/aromatic N) is 4. The Morgan fingerprint density at radius 2 is 0.850 bits per heavy atom. The summed E-state index contributed by atoms with van der Waals surface area (Å²) in [5.74, 6) is 1.77. The summed E-state index contributed by atoms with van der Waals surface area (Å²) < 4.78 is 2.26. The van der Waals surface area contributed by atoms with E-state index in [4.69, 9.17) is 15.0 Å². The summed E-state index contributed by atoms with van der Waals surface area (Å²) in [6.07, 6.45) is 0. The van der Waals surface area contributed by atoms with Crippen molar-refractivity contribution >= 4 is 64.9 Å². The van der Waals surface area contributed by atoms with E-state index in [0.717, 1.165) is 66.3 Å². The van der Waals surface area contributed by atoms with Gasteiger partial charge in [0.15, 0.2) is 11.6 Å². The summed E-state index contributed by atoms with van der Waals surface area (Å²) in [5.41, 5.74) is 18.1. The Kier molecular flexibility index (Phi) is 10.3. The van der Waals surface area contributed by atoms with E-state index < -0.39 is 0 Å². The van der Waals surface area contributed by atoms with Crippen LogP contribution in [0, 0.1) is 0 Å². The fourth-order valence-corrected chi connectivity index (χ4v) is 13.0. The molecule has 0 N–H and O–H groups in total. The number of rotatable bonds is 7. The van der Waals surface area contributed by atoms with E-state index in [1.165, 1.54) is 76.5 Å². The maximum absolute atomic E-state index is 5.55. The van der Waals surface area contributed by atoms with Crippen molar-refractivity contribution in [3.05, 3.63) is 278 Å². The highest BCUT2D eigenvalue weighted by Crippen LogP contribution is 2.51. The standard InChI is InChI=1S/C76H50N4/c1-76(2)68-29-14-12-27-62(68)65-45-66-63-28-13-15-30-70(63)80(71(66)46-69(65)76)75-78-73(50-20-4-3-5-21-50)77-74(79-75)58-26-16-25-57(42-58)72-60(55-35-32-48-18-7-10-23-52(48)40-55)37-38-61-64(56-36-33-49-19-8-11-24-53(49)41-56)43-59(44-67(61)72)54-34-31-47-17-6-9-22-51(47)39-54/h3-46H,1-2H3. The third-order valence-corrected chi connectivity index (χ3v) is 17.0. The third-order valence-electron chi connectivity index (χ3n) is 17.0. The molecule has 16 rings (SSSR count). The van der Waals surface area contributed by atoms with Crippen molar-refractivity contribution in [2.75, 3.05) is 0 Å². The number of hydrogen-bond donors (Lipinski definition) is 0. The van der Waals surface area contributed by atoms with Crippen molar-refractivity contribution in [3.8, 4) is 84.4 Å². The quantitative estimate of drug-likeness (QED) is 0.160. The summed E-state index contributed by atoms with van der Waals surface area (Å²) in [6, 6.07) is 97.5. The zero-order valence-corrected chi connectivity index (χ0v) is 44.2. The van der Waals surface area contributed by atoms with Crippen molar-refractivity contribution in [3.63, 3.8) is 0 Å². The highest BCUT2D eigenvalue weighted by molar-refractivity contribution is 6.14. The first-order valence-electron chi connectivity index (χ1n) is 27.6. The Morgan fingerprint density at radius 3 is 1.57 bits per heavy atom. The second kappa shape index (κ2) is 17.9. The molecule has 13 aromatic carbocycles. The molecule has 374 valence electrons. The van der Waals surface area contributed by atoms with Gasteiger partial charge in [-0.2, -0.15) is 9.97 Å². The molecule has 0 saturated heterocycles. The predicted molar refractivity (Wildman–Crippen MR) is 334 cm³/mol. The molecule has 80 heavy (non-hydrogen) atoms. The van der Waals surface area contributed by atoms with Gasteiger partial charge in [-0.3, -0.25) is 4.57 Å². The van der Waals surface area contributed by atoms with Crippen molar-refractivity contribution in [2.45, 2.75) is 19.3 Å². The monoisotopic (exact) mass is 1020 g/mol. The van der Waals surface area contributed by atoms with Gasteiger partial charge < -0.3 is 0 Å². The molecule has 1 aliphatic rings. The molecule has 0 aliphatic heterocycles. The molecule has 4 nitrogen and oxygen atoms in total. The average molecular weight is 1020 g/mol. The van der Waals surface area contributed by atoms with E-state index in [-0.39, 0.29) is 5.41 Å². The molecular formula is C76H50N4. The zero-order valence-electron chi connectivity index (χ0n) is 44.2. The molecule has 0 radical (unpaired) electrons. The van der Waals surface area contributed by atoms with Crippen molar-refractivity contribution < 1.29 is 0 Å². The van der Waals surface area contributed by atoms with Gasteiger partial charge in [-0.1, -0.05) is 226 Å². The average Bonchev–Trinajstić information content (AvgIpc) is 3.98. The van der Waals surface area contributed by atoms with E-state index in [9.17, 15) is 0 Å². The minimum Gasteiger partial charge on any atom is -0.278 e. The first kappa shape index (κ1) is 45.9. The first-order chi connectivity index (χ1) is 39.4. The highest BCUT2D eigenvalue weighted by atomic mass is 15.2. The summed E-state index contributed by atoms with van der Waals surface area (Å²) in [4.78, 5) is 16.3. The van der Waals surface area contributed by atoms with E-state index in [1.54, 1.807) is 0 Å². The number of aromatic nitrogens is 4. The first-order valence-corrected chi connectivity index (χ1v) is 27.6. The van der Waals surface area contributed by atoms with Crippen LogP contribution >= 0.6 is 0 Å². The van der Waals surface area contributed by atoms with Gasteiger partial charge in [-0.15, -0.1) is 0 Å². The van der Waals surface area contributed by atoms with Gasteiger partial charge in [-0.05, 0) is 164 Å². The van der Waals surface area contributed by atoms with E-state index >= 15 is 0 Å². The van der Waals surface area contributed by atoms with Crippen molar-refractivity contribution in [1.29, 1.82) is 0 Å². The Hall–Kier alpha value is -10.3. The molecule has 0 fully saturated rings. The van der Waals surface area contributed by atoms with Crippen LogP contribution in [-0.4, -0.2) is 19.5 Å². The molecule has 1 aliphatic carbocycles. The lowest BCUT2D eigenvalue weighted by molar-refractivity contribution is 0.661. The third kappa shape index (κ3) is 7.33. The van der Waals surface area contributed by atoms with E-state index in [1.807, 2.05) is 6.07 Å². The number of para-hydroxylation sites is 1. The van der Waals surface area contributed by atoms with Crippen LogP contribution in [0.2, 0.25) is 0 Å². The maximum Gasteiger partial charge on any atom is 0.238 e. The maximum atomic E-state index is 5.55. The zero-order chi connectivity index (χ0) is 53.1. The Bertz CT molecular complexity index is 5050. The second-order valence-electron chi connectivity index (χ2n) is 22.0. The molecule has 2 aromatic heterocycles. The second-order valence-corrected chi connectivity index (χ2v) is 22.0. The van der Waals surface area contributed by atoms with Crippen LogP contribution in [0.25, 0.3) is 149 Å². The summed E-state index contributed by atoms with van der Waals surface area (Å²) in [5, 5.41) is 11.9. The lowest BCUT2D eigenvalue weighted by Gasteiger charge is -2.21. The van der Waals surface area contributed by atoms with Crippen LogP contribution in [-0.2, 0) is 5.41 Å². The van der Waals surface area contributed by atoms with Gasteiger partial charge in [0, 0.05) is 27.3 Å². The van der Waals surface area contributed by atoms with Gasteiger partial charge in [-0.25, -0.2) is 4.98 Å². The van der Waals surface area contributed by atoms with Gasteiger partial charge >= 0.3 is 0 Å². The van der Waals surface area contributed by atoms with Crippen LogP contribution in [0.4, 0.5) is 0 Å². The number of hydrogen-bond acceptors (Lipinski definition) is 3. The minimum atomic E-state index is -0.193. The minimum absolute atomic E-state index is 0.193. The molecular weight excluding hydrogens is 969 g/mol. The Morgan fingerprint density at radius 1 is 0.275 bits per heavy atom. The molecule has 0 amide bonds. The van der Waals surface area contributed by atoms with Crippen LogP contribution in [0.5, 0.6) is 0 Å². The topological polar surface area (TPSA) is 43.6 Å². The largest absolute Gasteiger partial charge is 0.278 e. The molecule has 15 aromatic rings. The SMILES string of the molecule is CC1(C)c2ccccc2-c2cc3c4ccccc4n(-c4nc(-c5ccccc5)nc(-c5cccc(-c6c(-c7ccc8ccccc8c7)ccc7c(-c8ccc9ccccc9c8)cc(-c8ccc9ccccc9c8)cc67)c5)n4)c3cc21. The highest BCUT2D eigenvalue weighted by Gasteiger charge is 2.36. The Balaban J connectivity index is 0.951. The fourth-order valence-electron chi connectivity index (χ4n) is 13.0. The fraction of sp³-hybridized carbons (Fsp3) is 0.0395. The molecule has 0 spiro atoms. The van der Waals surface area contributed by atoms with Gasteiger partial charge in [0.05, 0.1) is 11.0 Å². The smallest absolute Gasteiger partial charge is 0.238 e. The summed E-state index contributed by atoms with van der Waals surface area (Å²) in [7, 11) is 0. The van der Waals surface area contributed by atoms with Crippen molar-refractivity contribution in [1.82, 2.24) is 19.5 Å². The van der Waals surface area contributed by atoms with Gasteiger partial charge in [0.1, 0.15) is 0 Å². The normalized spacial score (nSPS) is 12.7. The predicted octanol–water partition coefficient (Wildman–Crippen LogP) is 19.9. The summed E-state index contributed by atoms with van der Waals surface area (Å²) >= 11 is 0. The van der Waals surface area contributed by atoms with Crippen LogP contribution in [0.3, 0.4) is 0 Å². The van der Waals surface area contributed by atoms with Gasteiger partial charge in [0.25, 0.3) is 0 Å². The molecule has 0 saturated carbocycles. The molecule has 0 unspecified atom stereocenters. The molecule has 4 heteroatoms. The van der Waals surface area contributed by atoms with Crippen LogP contribution in [0.15, 0.2) is 267 Å². The number of fused-ring (bicyclic) bond motifs is 10. The van der Waals surface area contributed by atoms with Crippen LogP contribution < -0.4 is 0 Å². The lowest BCUT2D eigenvalue weighted by Crippen LogP contribution is -2.15. The van der Waals surface area contributed by atoms with E-state index in [2.05, 4.69) is 279 Å². The van der Waals surface area contributed by atoms with Crippen molar-refractivity contribution in [2.24, 2.45) is 0 Å². The number of benzene rings is 13. The lowest BCUT2D eigenvalue weighted by atomic mass is 9.82. The van der Waals surface area contributed by atoms with E-state index in [0.29, 0.717) is 17.6 Å². The van der Waals surface area contributed by atoms with Crippen LogP contribution in [0.1, 0.15) is 25.0 Å². The molecule has 2 heterocycles. The summed E-state index contributed by atoms with van der Waals surface area (Å²) in [6.45, 7) is 4.68. The molecule has 0 bridgehead atoms. The van der Waals surface area contributed by atoms with Gasteiger partial charge in [0.2, 0.25) is 5.95 Å². The Labute approximate surface area is 463 Å². The molecule has 0 atom stereocenters.